The van der Waals surface area contributed by atoms with E-state index >= 15 is 0 Å². The average molecular weight is 518 g/mol. The summed E-state index contributed by atoms with van der Waals surface area (Å²) in [5, 5.41) is 27.1. The van der Waals surface area contributed by atoms with Crippen LogP contribution in [-0.2, 0) is 9.63 Å². The number of methoxy groups -OCH3 is 1. The molecule has 9 heteroatoms. The number of benzene rings is 3. The molecule has 1 aliphatic rings. The predicted molar refractivity (Wildman–Crippen MR) is 143 cm³/mol. The number of carbonyl (C=O) groups excluding carboxylic acids is 2. The number of aliphatic hydroxyl groups excluding tert-OH is 1. The highest BCUT2D eigenvalue weighted by molar-refractivity contribution is 6.05. The van der Waals surface area contributed by atoms with Crippen molar-refractivity contribution in [2.75, 3.05) is 27.3 Å². The number of amides is 2. The molecule has 1 unspecified atom stereocenters. The van der Waals surface area contributed by atoms with Gasteiger partial charge in [0.25, 0.3) is 5.91 Å². The number of carbonyl (C=O) groups is 2. The second-order valence-corrected chi connectivity index (χ2v) is 9.08. The molecule has 198 valence electrons. The normalized spacial score (nSPS) is 16.8. The molecule has 0 radical (unpaired) electrons. The van der Waals surface area contributed by atoms with Crippen molar-refractivity contribution in [2.45, 2.75) is 25.5 Å². The number of hydrogen-bond acceptors (Lipinski definition) is 7. The molecule has 38 heavy (non-hydrogen) atoms. The smallest absolute Gasteiger partial charge is 0.254 e. The lowest BCUT2D eigenvalue weighted by Gasteiger charge is -2.24. The van der Waals surface area contributed by atoms with Crippen molar-refractivity contribution < 1.29 is 29.4 Å². The Morgan fingerprint density at radius 2 is 1.87 bits per heavy atom. The van der Waals surface area contributed by atoms with Gasteiger partial charge >= 0.3 is 0 Å². The van der Waals surface area contributed by atoms with Crippen LogP contribution in [0.3, 0.4) is 0 Å². The highest BCUT2D eigenvalue weighted by Gasteiger charge is 2.38. The first-order chi connectivity index (χ1) is 18.3. The minimum atomic E-state index is -1.04. The van der Waals surface area contributed by atoms with E-state index in [0.29, 0.717) is 16.8 Å². The van der Waals surface area contributed by atoms with Crippen LogP contribution >= 0.6 is 0 Å². The number of rotatable bonds is 8. The van der Waals surface area contributed by atoms with Gasteiger partial charge in [-0.15, -0.1) is 0 Å². The molecule has 2 atom stereocenters. The zero-order valence-electron chi connectivity index (χ0n) is 21.5. The lowest BCUT2D eigenvalue weighted by molar-refractivity contribution is -0.125. The highest BCUT2D eigenvalue weighted by Crippen LogP contribution is 2.29. The van der Waals surface area contributed by atoms with Crippen LogP contribution in [0.2, 0.25) is 0 Å². The molecule has 0 saturated carbocycles. The minimum absolute atomic E-state index is 0.0513. The fourth-order valence-corrected chi connectivity index (χ4v) is 4.59. The van der Waals surface area contributed by atoms with Crippen molar-refractivity contribution in [3.63, 3.8) is 0 Å². The van der Waals surface area contributed by atoms with Crippen LogP contribution < -0.4 is 10.1 Å². The number of oxime groups is 1. The molecule has 2 amide bonds. The maximum atomic E-state index is 13.5. The zero-order chi connectivity index (χ0) is 27.2. The summed E-state index contributed by atoms with van der Waals surface area (Å²) in [4.78, 5) is 33.1. The van der Waals surface area contributed by atoms with Crippen LogP contribution in [0.25, 0.3) is 11.1 Å². The van der Waals surface area contributed by atoms with E-state index in [-0.39, 0.29) is 36.9 Å². The lowest BCUT2D eigenvalue weighted by atomic mass is 9.98. The van der Waals surface area contributed by atoms with Crippen LogP contribution in [0, 0.1) is 6.92 Å². The van der Waals surface area contributed by atoms with E-state index in [2.05, 4.69) is 10.5 Å². The Kier molecular flexibility index (Phi) is 8.28. The van der Waals surface area contributed by atoms with Crippen LogP contribution in [0.15, 0.2) is 71.9 Å². The van der Waals surface area contributed by atoms with Crippen molar-refractivity contribution in [1.29, 1.82) is 0 Å². The molecule has 3 N–H and O–H groups in total. The van der Waals surface area contributed by atoms with Crippen molar-refractivity contribution in [3.8, 4) is 22.6 Å². The molecule has 1 fully saturated rings. The number of nitrogens with one attached hydrogen (secondary N) is 1. The Labute approximate surface area is 221 Å². The van der Waals surface area contributed by atoms with Gasteiger partial charge in [-0.3, -0.25) is 9.59 Å². The van der Waals surface area contributed by atoms with Gasteiger partial charge in [0, 0.05) is 18.5 Å². The molecule has 0 aliphatic carbocycles. The van der Waals surface area contributed by atoms with Gasteiger partial charge in [0.15, 0.2) is 11.5 Å². The quantitative estimate of drug-likeness (QED) is 0.394. The van der Waals surface area contributed by atoms with Crippen LogP contribution in [0.4, 0.5) is 0 Å². The first-order valence-electron chi connectivity index (χ1n) is 12.2. The van der Waals surface area contributed by atoms with E-state index in [1.807, 2.05) is 49.4 Å². The maximum absolute atomic E-state index is 13.5. The molecular weight excluding hydrogens is 486 g/mol. The summed E-state index contributed by atoms with van der Waals surface area (Å²) in [5.41, 5.74) is 4.54. The second-order valence-electron chi connectivity index (χ2n) is 9.08. The Bertz CT molecular complexity index is 1340. The van der Waals surface area contributed by atoms with Crippen LogP contribution in [-0.4, -0.2) is 66.0 Å². The van der Waals surface area contributed by atoms with Gasteiger partial charge in [-0.1, -0.05) is 47.6 Å². The standard InChI is InChI=1S/C29H31N3O6/c1-18-13-21(9-11-23(18)19-7-5-4-6-8-19)29(36)32-17-22(31-38-3)15-24(32)28(35)30-16-26(34)20-10-12-25(33)27(14-20)37-2/h4-14,24,26,33-34H,15-17H2,1-3H3,(H,30,35)/t24-,26?/m0/s1. The molecular formula is C29H31N3O6. The van der Waals surface area contributed by atoms with E-state index in [9.17, 15) is 19.8 Å². The average Bonchev–Trinajstić information content (AvgIpc) is 3.36. The molecule has 0 aromatic heterocycles. The van der Waals surface area contributed by atoms with E-state index in [1.54, 1.807) is 12.1 Å². The van der Waals surface area contributed by atoms with Crippen molar-refractivity contribution >= 4 is 17.5 Å². The second kappa shape index (κ2) is 11.8. The predicted octanol–water partition coefficient (Wildman–Crippen LogP) is 3.44. The van der Waals surface area contributed by atoms with Crippen LogP contribution in [0.5, 0.6) is 11.5 Å². The first-order valence-corrected chi connectivity index (χ1v) is 12.2. The molecule has 3 aromatic rings. The Hall–Kier alpha value is -4.37. The van der Waals surface area contributed by atoms with Gasteiger partial charge in [-0.25, -0.2) is 0 Å². The third kappa shape index (κ3) is 5.78. The summed E-state index contributed by atoms with van der Waals surface area (Å²) >= 11 is 0. The third-order valence-electron chi connectivity index (χ3n) is 6.56. The van der Waals surface area contributed by atoms with E-state index in [0.717, 1.165) is 16.7 Å². The first kappa shape index (κ1) is 26.7. The Morgan fingerprint density at radius 3 is 2.55 bits per heavy atom. The summed E-state index contributed by atoms with van der Waals surface area (Å²) in [6.07, 6.45) is -0.824. The molecule has 0 spiro atoms. The third-order valence-corrected chi connectivity index (χ3v) is 6.56. The molecule has 1 saturated heterocycles. The van der Waals surface area contributed by atoms with E-state index in [4.69, 9.17) is 9.57 Å². The van der Waals surface area contributed by atoms with Gasteiger partial charge in [0.1, 0.15) is 13.2 Å². The topological polar surface area (TPSA) is 121 Å². The van der Waals surface area contributed by atoms with Gasteiger partial charge in [-0.2, -0.15) is 0 Å². The van der Waals surface area contributed by atoms with E-state index in [1.165, 1.54) is 31.3 Å². The molecule has 3 aromatic carbocycles. The summed E-state index contributed by atoms with van der Waals surface area (Å²) < 4.78 is 5.08. The SMILES string of the molecule is CON=C1C[C@@H](C(=O)NCC(O)c2ccc(O)c(OC)c2)N(C(=O)c2ccc(-c3ccccc3)c(C)c2)C1. The monoisotopic (exact) mass is 517 g/mol. The van der Waals surface area contributed by atoms with Gasteiger partial charge in [0.05, 0.1) is 25.5 Å². The summed E-state index contributed by atoms with van der Waals surface area (Å²) in [5.74, 6) is -0.543. The number of aliphatic hydroxyl groups is 1. The lowest BCUT2D eigenvalue weighted by Crippen LogP contribution is -2.46. The number of nitrogens with zero attached hydrogens (tertiary/aromatic N) is 2. The molecule has 0 bridgehead atoms. The van der Waals surface area contributed by atoms with Crippen LogP contribution in [0.1, 0.15) is 34.0 Å². The Balaban J connectivity index is 1.50. The number of aryl methyl sites for hydroxylation is 1. The maximum Gasteiger partial charge on any atom is 0.254 e. The number of phenolic OH excluding ortho intramolecular Hbond substituents is 1. The summed E-state index contributed by atoms with van der Waals surface area (Å²) in [6.45, 7) is 2.01. The van der Waals surface area contributed by atoms with Gasteiger partial charge in [0.2, 0.25) is 5.91 Å². The van der Waals surface area contributed by atoms with Crippen molar-refractivity contribution in [1.82, 2.24) is 10.2 Å². The Morgan fingerprint density at radius 1 is 1.11 bits per heavy atom. The highest BCUT2D eigenvalue weighted by atomic mass is 16.6. The summed E-state index contributed by atoms with van der Waals surface area (Å²) in [7, 11) is 2.83. The fourth-order valence-electron chi connectivity index (χ4n) is 4.59. The van der Waals surface area contributed by atoms with E-state index < -0.39 is 18.1 Å². The molecule has 1 heterocycles. The van der Waals surface area contributed by atoms with Gasteiger partial charge in [-0.05, 0) is 53.4 Å². The molecule has 9 nitrogen and oxygen atoms in total. The number of hydrogen-bond donors (Lipinski definition) is 3. The van der Waals surface area contributed by atoms with Gasteiger partial charge < -0.3 is 30.0 Å². The molecule has 1 aliphatic heterocycles. The fraction of sp³-hybridized carbons (Fsp3) is 0.276. The largest absolute Gasteiger partial charge is 0.504 e. The minimum Gasteiger partial charge on any atom is -0.504 e. The summed E-state index contributed by atoms with van der Waals surface area (Å²) in [6, 6.07) is 19.1. The van der Waals surface area contributed by atoms with Crippen molar-refractivity contribution in [2.24, 2.45) is 5.16 Å². The van der Waals surface area contributed by atoms with Crippen molar-refractivity contribution in [3.05, 3.63) is 83.4 Å². The molecule has 4 rings (SSSR count). The number of likely N-dealkylation sites (tertiary alicyclic amines) is 1. The zero-order valence-corrected chi connectivity index (χ0v) is 21.5. The number of aromatic hydroxyl groups is 1. The number of phenols is 1. The number of ether oxygens (including phenoxy) is 1.